The van der Waals surface area contributed by atoms with Crippen molar-refractivity contribution < 1.29 is 14.7 Å². The molecular formula is C14H17N5O3S. The molecule has 0 aliphatic carbocycles. The molecule has 122 valence electrons. The molecule has 1 fully saturated rings. The number of carbonyl (C=O) groups excluding carboxylic acids is 1. The van der Waals surface area contributed by atoms with E-state index >= 15 is 0 Å². The average molecular weight is 335 g/mol. The van der Waals surface area contributed by atoms with Crippen molar-refractivity contribution >= 4 is 23.2 Å². The van der Waals surface area contributed by atoms with Crippen LogP contribution in [0.25, 0.3) is 0 Å². The lowest BCUT2D eigenvalue weighted by molar-refractivity contribution is -0.133. The Kier molecular flexibility index (Phi) is 4.37. The second kappa shape index (κ2) is 6.45. The van der Waals surface area contributed by atoms with E-state index in [1.165, 1.54) is 10.9 Å². The minimum Gasteiger partial charge on any atom is -0.476 e. The first-order chi connectivity index (χ1) is 11.0. The Morgan fingerprint density at radius 3 is 2.96 bits per heavy atom. The molecule has 9 heteroatoms. The maximum Gasteiger partial charge on any atom is 0.358 e. The molecule has 2 aromatic rings. The summed E-state index contributed by atoms with van der Waals surface area (Å²) < 4.78 is 1.27. The number of carboxylic acid groups (broad SMARTS) is 1. The lowest BCUT2D eigenvalue weighted by Crippen LogP contribution is -2.40. The van der Waals surface area contributed by atoms with E-state index in [1.54, 1.807) is 16.2 Å². The van der Waals surface area contributed by atoms with Crippen LogP contribution in [0.2, 0.25) is 0 Å². The van der Waals surface area contributed by atoms with Crippen molar-refractivity contribution in [2.24, 2.45) is 0 Å². The topological polar surface area (TPSA) is 101 Å². The minimum absolute atomic E-state index is 0.00387. The van der Waals surface area contributed by atoms with Gasteiger partial charge in [-0.3, -0.25) is 4.79 Å². The average Bonchev–Trinajstić information content (AvgIpc) is 3.16. The second-order valence-corrected chi connectivity index (χ2v) is 6.50. The molecule has 2 aromatic heterocycles. The molecule has 0 aromatic carbocycles. The van der Waals surface area contributed by atoms with Gasteiger partial charge in [0, 0.05) is 30.1 Å². The third-order valence-corrected chi connectivity index (χ3v) is 4.94. The highest BCUT2D eigenvalue weighted by Crippen LogP contribution is 2.29. The number of hydrogen-bond donors (Lipinski definition) is 1. The van der Waals surface area contributed by atoms with E-state index in [1.807, 2.05) is 12.3 Å². The molecule has 23 heavy (non-hydrogen) atoms. The van der Waals surface area contributed by atoms with Crippen LogP contribution in [0.1, 0.15) is 39.9 Å². The summed E-state index contributed by atoms with van der Waals surface area (Å²) in [5, 5.41) is 19.1. The number of aromatic carboxylic acids is 1. The first-order valence-corrected chi connectivity index (χ1v) is 8.24. The summed E-state index contributed by atoms with van der Waals surface area (Å²) in [5.41, 5.74) is 0.852. The Morgan fingerprint density at radius 1 is 1.48 bits per heavy atom. The van der Waals surface area contributed by atoms with E-state index < -0.39 is 5.97 Å². The summed E-state index contributed by atoms with van der Waals surface area (Å²) in [5.74, 6) is -0.956. The number of carbonyl (C=O) groups is 2. The van der Waals surface area contributed by atoms with Gasteiger partial charge in [0.25, 0.3) is 0 Å². The van der Waals surface area contributed by atoms with Crippen molar-refractivity contribution in [1.29, 1.82) is 0 Å². The van der Waals surface area contributed by atoms with Crippen molar-refractivity contribution in [2.75, 3.05) is 13.1 Å². The molecule has 1 aliphatic rings. The van der Waals surface area contributed by atoms with Crippen LogP contribution in [0, 0.1) is 6.92 Å². The zero-order valence-corrected chi connectivity index (χ0v) is 13.5. The normalized spacial score (nSPS) is 18.1. The molecule has 0 spiro atoms. The number of nitrogens with zero attached hydrogens (tertiary/aromatic N) is 5. The number of aryl methyl sites for hydroxylation is 1. The largest absolute Gasteiger partial charge is 0.476 e. The van der Waals surface area contributed by atoms with Crippen molar-refractivity contribution in [1.82, 2.24) is 24.9 Å². The molecule has 8 nitrogen and oxygen atoms in total. The molecule has 1 saturated heterocycles. The molecule has 1 atom stereocenters. The minimum atomic E-state index is -1.15. The van der Waals surface area contributed by atoms with Gasteiger partial charge < -0.3 is 10.0 Å². The Labute approximate surface area is 136 Å². The summed E-state index contributed by atoms with van der Waals surface area (Å²) in [7, 11) is 0. The molecule has 1 unspecified atom stereocenters. The molecule has 1 aliphatic heterocycles. The van der Waals surface area contributed by atoms with Gasteiger partial charge in [0.2, 0.25) is 5.91 Å². The highest BCUT2D eigenvalue weighted by atomic mass is 32.1. The number of thiazole rings is 1. The van der Waals surface area contributed by atoms with Gasteiger partial charge in [-0.1, -0.05) is 5.21 Å². The fourth-order valence-corrected chi connectivity index (χ4v) is 3.60. The predicted molar refractivity (Wildman–Crippen MR) is 82.4 cm³/mol. The summed E-state index contributed by atoms with van der Waals surface area (Å²) in [6.45, 7) is 3.33. The number of aromatic nitrogens is 4. The van der Waals surface area contributed by atoms with E-state index in [0.717, 1.165) is 23.5 Å². The maximum atomic E-state index is 12.4. The highest BCUT2D eigenvalue weighted by molar-refractivity contribution is 7.09. The number of hydrogen-bond acceptors (Lipinski definition) is 6. The summed E-state index contributed by atoms with van der Waals surface area (Å²) in [6, 6.07) is 0. The zero-order chi connectivity index (χ0) is 16.4. The standard InChI is InChI=1S/C14H17N5O3S/c1-9-8-23-13(15-9)10-3-2-4-18(5-10)12(20)7-19-6-11(14(21)22)16-17-19/h6,8,10H,2-5,7H2,1H3,(H,21,22). The Balaban J connectivity index is 1.63. The van der Waals surface area contributed by atoms with Crippen molar-refractivity contribution in [3.63, 3.8) is 0 Å². The fourth-order valence-electron chi connectivity index (χ4n) is 2.68. The van der Waals surface area contributed by atoms with Gasteiger partial charge in [0.1, 0.15) is 6.54 Å². The third kappa shape index (κ3) is 3.55. The van der Waals surface area contributed by atoms with Crippen molar-refractivity contribution in [3.8, 4) is 0 Å². The molecule has 1 amide bonds. The number of rotatable bonds is 4. The van der Waals surface area contributed by atoms with Crippen LogP contribution < -0.4 is 0 Å². The van der Waals surface area contributed by atoms with Crippen molar-refractivity contribution in [2.45, 2.75) is 32.2 Å². The van der Waals surface area contributed by atoms with E-state index in [0.29, 0.717) is 13.1 Å². The van der Waals surface area contributed by atoms with Crippen LogP contribution in [0.15, 0.2) is 11.6 Å². The summed E-state index contributed by atoms with van der Waals surface area (Å²) in [4.78, 5) is 29.5. The van der Waals surface area contributed by atoms with E-state index in [-0.39, 0.29) is 24.1 Å². The number of carboxylic acids is 1. The van der Waals surface area contributed by atoms with E-state index in [2.05, 4.69) is 15.3 Å². The van der Waals surface area contributed by atoms with Gasteiger partial charge in [-0.2, -0.15) is 0 Å². The van der Waals surface area contributed by atoms with Gasteiger partial charge in [-0.15, -0.1) is 16.4 Å². The van der Waals surface area contributed by atoms with Crippen LogP contribution in [-0.2, 0) is 11.3 Å². The third-order valence-electron chi connectivity index (χ3n) is 3.82. The monoisotopic (exact) mass is 335 g/mol. The van der Waals surface area contributed by atoms with Crippen LogP contribution in [-0.4, -0.2) is 55.0 Å². The van der Waals surface area contributed by atoms with Crippen LogP contribution in [0.3, 0.4) is 0 Å². The fraction of sp³-hybridized carbons (Fsp3) is 0.500. The first-order valence-electron chi connectivity index (χ1n) is 7.36. The smallest absolute Gasteiger partial charge is 0.358 e. The summed E-state index contributed by atoms with van der Waals surface area (Å²) >= 11 is 1.64. The van der Waals surface area contributed by atoms with Gasteiger partial charge in [-0.05, 0) is 19.8 Å². The van der Waals surface area contributed by atoms with E-state index in [4.69, 9.17) is 5.11 Å². The quantitative estimate of drug-likeness (QED) is 0.899. The lowest BCUT2D eigenvalue weighted by Gasteiger charge is -2.31. The second-order valence-electron chi connectivity index (χ2n) is 5.61. The Bertz CT molecular complexity index is 726. The first kappa shape index (κ1) is 15.6. The number of likely N-dealkylation sites (tertiary alicyclic amines) is 1. The lowest BCUT2D eigenvalue weighted by atomic mass is 9.98. The van der Waals surface area contributed by atoms with Gasteiger partial charge >= 0.3 is 5.97 Å². The van der Waals surface area contributed by atoms with Crippen LogP contribution in [0.4, 0.5) is 0 Å². The molecular weight excluding hydrogens is 318 g/mol. The Hall–Kier alpha value is -2.29. The highest BCUT2D eigenvalue weighted by Gasteiger charge is 2.26. The molecule has 0 bridgehead atoms. The molecule has 3 heterocycles. The number of piperidine rings is 1. The van der Waals surface area contributed by atoms with Gasteiger partial charge in [-0.25, -0.2) is 14.5 Å². The van der Waals surface area contributed by atoms with Crippen LogP contribution in [0.5, 0.6) is 0 Å². The van der Waals surface area contributed by atoms with Gasteiger partial charge in [0.05, 0.1) is 11.2 Å². The van der Waals surface area contributed by atoms with E-state index in [9.17, 15) is 9.59 Å². The predicted octanol–water partition coefficient (Wildman–Crippen LogP) is 1.15. The summed E-state index contributed by atoms with van der Waals surface area (Å²) in [6.07, 6.45) is 3.24. The SMILES string of the molecule is Cc1csc(C2CCCN(C(=O)Cn3cc(C(=O)O)nn3)C2)n1. The molecule has 3 rings (SSSR count). The molecule has 0 saturated carbocycles. The van der Waals surface area contributed by atoms with Crippen LogP contribution >= 0.6 is 11.3 Å². The number of amides is 1. The maximum absolute atomic E-state index is 12.4. The van der Waals surface area contributed by atoms with Gasteiger partial charge in [0.15, 0.2) is 5.69 Å². The molecule has 1 N–H and O–H groups in total. The zero-order valence-electron chi connectivity index (χ0n) is 12.7. The van der Waals surface area contributed by atoms with Crippen molar-refractivity contribution in [3.05, 3.63) is 28.0 Å². The Morgan fingerprint density at radius 2 is 2.30 bits per heavy atom. The molecule has 0 radical (unpaired) electrons.